The summed E-state index contributed by atoms with van der Waals surface area (Å²) >= 11 is 5.20. The fourth-order valence-corrected chi connectivity index (χ4v) is 5.13. The minimum atomic E-state index is -0.0410. The molecule has 4 rings (SSSR count). The third kappa shape index (κ3) is 4.83. The summed E-state index contributed by atoms with van der Waals surface area (Å²) in [5.74, 6) is 0.773. The summed E-state index contributed by atoms with van der Waals surface area (Å²) in [6.07, 6.45) is 0. The number of carbonyl (C=O) groups excluding carboxylic acids is 1. The first-order valence-electron chi connectivity index (χ1n) is 9.64. The molecule has 1 fully saturated rings. The number of amides is 1. The van der Waals surface area contributed by atoms with E-state index in [1.165, 1.54) is 0 Å². The van der Waals surface area contributed by atoms with Crippen LogP contribution in [0.15, 0.2) is 40.2 Å². The zero-order valence-corrected chi connectivity index (χ0v) is 18.7. The number of hydrogen-bond donors (Lipinski definition) is 1. The molecule has 1 N–H and O–H groups in total. The maximum Gasteiger partial charge on any atom is 0.268 e. The third-order valence-corrected chi connectivity index (χ3v) is 6.66. The maximum absolute atomic E-state index is 13.0. The van der Waals surface area contributed by atoms with Crippen molar-refractivity contribution < 1.29 is 14.3 Å². The van der Waals surface area contributed by atoms with Crippen molar-refractivity contribution in [3.63, 3.8) is 0 Å². The monoisotopic (exact) mass is 477 g/mol. The molecular weight excluding hydrogens is 454 g/mol. The van der Waals surface area contributed by atoms with Gasteiger partial charge in [0.2, 0.25) is 0 Å². The molecule has 29 heavy (non-hydrogen) atoms. The fourth-order valence-electron chi connectivity index (χ4n) is 3.57. The molecule has 0 bridgehead atoms. The predicted octanol–water partition coefficient (Wildman–Crippen LogP) is 3.58. The summed E-state index contributed by atoms with van der Waals surface area (Å²) in [5.41, 5.74) is 2.83. The van der Waals surface area contributed by atoms with E-state index in [9.17, 15) is 4.79 Å². The van der Waals surface area contributed by atoms with Gasteiger partial charge in [-0.1, -0.05) is 12.1 Å². The minimum absolute atomic E-state index is 0.0410. The van der Waals surface area contributed by atoms with Crippen LogP contribution in [0.3, 0.4) is 0 Å². The number of nitrogens with one attached hydrogen (secondary N) is 1. The van der Waals surface area contributed by atoms with Crippen molar-refractivity contribution in [3.8, 4) is 5.75 Å². The van der Waals surface area contributed by atoms with Gasteiger partial charge in [-0.2, -0.15) is 0 Å². The van der Waals surface area contributed by atoms with Gasteiger partial charge in [-0.25, -0.2) is 0 Å². The fraction of sp³-hybridized carbons (Fsp3) is 0.381. The van der Waals surface area contributed by atoms with Crippen LogP contribution in [0, 0.1) is 0 Å². The van der Waals surface area contributed by atoms with E-state index in [1.54, 1.807) is 18.4 Å². The van der Waals surface area contributed by atoms with Crippen LogP contribution in [0.4, 0.5) is 0 Å². The molecule has 0 spiro atoms. The highest BCUT2D eigenvalue weighted by molar-refractivity contribution is 9.11. The van der Waals surface area contributed by atoms with E-state index in [4.69, 9.17) is 9.47 Å². The standard InChI is InChI=1S/C21H24BrN3O3S/c1-27-16-4-2-3-15(11-16)14-25-17-13-20(22)29-19(17)12-18(25)21(26)23-5-6-24-7-9-28-10-8-24/h2-4,11-13H,5-10,14H2,1H3,(H,23,26). The summed E-state index contributed by atoms with van der Waals surface area (Å²) < 4.78 is 15.0. The molecule has 0 aliphatic carbocycles. The van der Waals surface area contributed by atoms with Crippen LogP contribution in [0.5, 0.6) is 5.75 Å². The Balaban J connectivity index is 1.52. The normalized spacial score (nSPS) is 15.0. The summed E-state index contributed by atoms with van der Waals surface area (Å²) in [6, 6.07) is 12.0. The van der Waals surface area contributed by atoms with Crippen molar-refractivity contribution in [2.24, 2.45) is 0 Å². The molecule has 1 aliphatic rings. The van der Waals surface area contributed by atoms with Gasteiger partial charge in [-0.15, -0.1) is 11.3 Å². The van der Waals surface area contributed by atoms with Crippen LogP contribution in [-0.2, 0) is 11.3 Å². The molecule has 1 saturated heterocycles. The van der Waals surface area contributed by atoms with E-state index in [1.807, 2.05) is 24.3 Å². The number of morpholine rings is 1. The van der Waals surface area contributed by atoms with E-state index in [0.29, 0.717) is 18.8 Å². The molecule has 154 valence electrons. The molecule has 6 nitrogen and oxygen atoms in total. The van der Waals surface area contributed by atoms with Gasteiger partial charge >= 0.3 is 0 Å². The number of ether oxygens (including phenoxy) is 2. The largest absolute Gasteiger partial charge is 0.497 e. The second-order valence-corrected chi connectivity index (χ2v) is 9.44. The van der Waals surface area contributed by atoms with Gasteiger partial charge in [0.1, 0.15) is 11.4 Å². The van der Waals surface area contributed by atoms with Gasteiger partial charge in [-0.3, -0.25) is 9.69 Å². The molecule has 0 unspecified atom stereocenters. The van der Waals surface area contributed by atoms with Crippen molar-refractivity contribution >= 4 is 43.4 Å². The van der Waals surface area contributed by atoms with E-state index in [2.05, 4.69) is 42.8 Å². The lowest BCUT2D eigenvalue weighted by atomic mass is 10.2. The van der Waals surface area contributed by atoms with Crippen LogP contribution in [-0.4, -0.2) is 61.9 Å². The van der Waals surface area contributed by atoms with Crippen LogP contribution >= 0.6 is 27.3 Å². The van der Waals surface area contributed by atoms with Gasteiger partial charge in [-0.05, 0) is 45.8 Å². The number of benzene rings is 1. The summed E-state index contributed by atoms with van der Waals surface area (Å²) in [4.78, 5) is 15.3. The van der Waals surface area contributed by atoms with Crippen LogP contribution in [0.2, 0.25) is 0 Å². The average molecular weight is 478 g/mol. The van der Waals surface area contributed by atoms with E-state index >= 15 is 0 Å². The molecule has 1 amide bonds. The van der Waals surface area contributed by atoms with Crippen molar-refractivity contribution in [2.75, 3.05) is 46.5 Å². The van der Waals surface area contributed by atoms with E-state index in [-0.39, 0.29) is 5.91 Å². The number of fused-ring (bicyclic) bond motifs is 1. The van der Waals surface area contributed by atoms with Crippen LogP contribution in [0.1, 0.15) is 16.1 Å². The second-order valence-electron chi connectivity index (χ2n) is 6.98. The van der Waals surface area contributed by atoms with Crippen molar-refractivity contribution in [3.05, 3.63) is 51.4 Å². The summed E-state index contributed by atoms with van der Waals surface area (Å²) in [6.45, 7) is 5.45. The molecular formula is C21H24BrN3O3S. The SMILES string of the molecule is COc1cccc(Cn2c(C(=O)NCCN3CCOCC3)cc3sc(Br)cc32)c1. The van der Waals surface area contributed by atoms with E-state index in [0.717, 1.165) is 58.2 Å². The van der Waals surface area contributed by atoms with Gasteiger partial charge in [0.05, 0.1) is 34.3 Å². The number of nitrogens with zero attached hydrogens (tertiary/aromatic N) is 2. The molecule has 0 saturated carbocycles. The molecule has 3 aromatic rings. The lowest BCUT2D eigenvalue weighted by molar-refractivity contribution is 0.0383. The van der Waals surface area contributed by atoms with E-state index < -0.39 is 0 Å². The Morgan fingerprint density at radius 3 is 2.90 bits per heavy atom. The average Bonchev–Trinajstić information content (AvgIpc) is 3.26. The Labute approximate surface area is 182 Å². The molecule has 0 radical (unpaired) electrons. The molecule has 2 aromatic heterocycles. The van der Waals surface area contributed by atoms with Crippen LogP contribution < -0.4 is 10.1 Å². The number of methoxy groups -OCH3 is 1. The molecule has 0 atom stereocenters. The first-order chi connectivity index (χ1) is 14.1. The zero-order chi connectivity index (χ0) is 20.2. The number of hydrogen-bond acceptors (Lipinski definition) is 5. The van der Waals surface area contributed by atoms with Gasteiger partial charge < -0.3 is 19.4 Å². The Bertz CT molecular complexity index is 994. The molecule has 8 heteroatoms. The van der Waals surface area contributed by atoms with Crippen molar-refractivity contribution in [1.29, 1.82) is 0 Å². The molecule has 3 heterocycles. The lowest BCUT2D eigenvalue weighted by Crippen LogP contribution is -2.41. The summed E-state index contributed by atoms with van der Waals surface area (Å²) in [5, 5.41) is 3.09. The number of aromatic nitrogens is 1. The highest BCUT2D eigenvalue weighted by Crippen LogP contribution is 2.33. The lowest BCUT2D eigenvalue weighted by Gasteiger charge is -2.26. The Hall–Kier alpha value is -1.87. The highest BCUT2D eigenvalue weighted by atomic mass is 79.9. The first kappa shape index (κ1) is 20.4. The van der Waals surface area contributed by atoms with Crippen molar-refractivity contribution in [1.82, 2.24) is 14.8 Å². The highest BCUT2D eigenvalue weighted by Gasteiger charge is 2.18. The Morgan fingerprint density at radius 1 is 1.28 bits per heavy atom. The third-order valence-electron chi connectivity index (χ3n) is 5.08. The number of carbonyl (C=O) groups is 1. The van der Waals surface area contributed by atoms with Gasteiger partial charge in [0.25, 0.3) is 5.91 Å². The Kier molecular flexibility index (Phi) is 6.54. The predicted molar refractivity (Wildman–Crippen MR) is 119 cm³/mol. The zero-order valence-electron chi connectivity index (χ0n) is 16.3. The minimum Gasteiger partial charge on any atom is -0.497 e. The first-order valence-corrected chi connectivity index (χ1v) is 11.2. The topological polar surface area (TPSA) is 55.7 Å². The molecule has 1 aliphatic heterocycles. The second kappa shape index (κ2) is 9.30. The number of rotatable bonds is 7. The Morgan fingerprint density at radius 2 is 2.10 bits per heavy atom. The summed E-state index contributed by atoms with van der Waals surface area (Å²) in [7, 11) is 1.66. The number of thiophene rings is 1. The van der Waals surface area contributed by atoms with Gasteiger partial charge in [0.15, 0.2) is 0 Å². The smallest absolute Gasteiger partial charge is 0.268 e. The van der Waals surface area contributed by atoms with Crippen LogP contribution in [0.25, 0.3) is 10.2 Å². The molecule has 1 aromatic carbocycles. The quantitative estimate of drug-likeness (QED) is 0.564. The van der Waals surface area contributed by atoms with Crippen molar-refractivity contribution in [2.45, 2.75) is 6.54 Å². The maximum atomic E-state index is 13.0. The van der Waals surface area contributed by atoms with Gasteiger partial charge in [0, 0.05) is 32.7 Å². The number of halogens is 1.